The van der Waals surface area contributed by atoms with Crippen molar-refractivity contribution in [1.29, 1.82) is 0 Å². The van der Waals surface area contributed by atoms with Gasteiger partial charge in [0, 0.05) is 29.2 Å². The fraction of sp³-hybridized carbons (Fsp3) is 0.308. The van der Waals surface area contributed by atoms with Crippen molar-refractivity contribution in [3.05, 3.63) is 35.5 Å². The molecule has 0 aliphatic heterocycles. The molecule has 0 aliphatic rings. The Morgan fingerprint density at radius 3 is 2.69 bits per heavy atom. The van der Waals surface area contributed by atoms with Gasteiger partial charge in [-0.05, 0) is 19.4 Å². The van der Waals surface area contributed by atoms with E-state index in [0.717, 1.165) is 28.8 Å². The first kappa shape index (κ1) is 10.7. The maximum Gasteiger partial charge on any atom is 0.0889 e. The van der Waals surface area contributed by atoms with Crippen molar-refractivity contribution < 1.29 is 5.21 Å². The number of nitrogens with zero attached hydrogens (tertiary/aromatic N) is 2. The minimum absolute atomic E-state index is 0.728. The van der Waals surface area contributed by atoms with Crippen LogP contribution in [0.3, 0.4) is 0 Å². The molecule has 0 spiro atoms. The number of para-hydroxylation sites is 1. The van der Waals surface area contributed by atoms with Crippen molar-refractivity contribution >= 4 is 16.6 Å². The maximum absolute atomic E-state index is 9.05. The van der Waals surface area contributed by atoms with Gasteiger partial charge in [0.2, 0.25) is 0 Å². The summed E-state index contributed by atoms with van der Waals surface area (Å²) in [6.45, 7) is 4.05. The van der Waals surface area contributed by atoms with Gasteiger partial charge in [0.1, 0.15) is 0 Å². The number of hydrogen-bond acceptors (Lipinski definition) is 2. The Morgan fingerprint density at radius 1 is 1.38 bits per heavy atom. The fourth-order valence-electron chi connectivity index (χ4n) is 2.18. The van der Waals surface area contributed by atoms with Gasteiger partial charge in [0.05, 0.1) is 5.71 Å². The second kappa shape index (κ2) is 4.00. The zero-order chi connectivity index (χ0) is 11.7. The zero-order valence-electron chi connectivity index (χ0n) is 9.86. The fourth-order valence-corrected chi connectivity index (χ4v) is 2.18. The van der Waals surface area contributed by atoms with Crippen LogP contribution in [0.4, 0.5) is 0 Å². The van der Waals surface area contributed by atoms with Crippen molar-refractivity contribution in [1.82, 2.24) is 4.57 Å². The average Bonchev–Trinajstić information content (AvgIpc) is 2.57. The first-order chi connectivity index (χ1) is 7.70. The molecule has 0 bridgehead atoms. The van der Waals surface area contributed by atoms with Gasteiger partial charge in [-0.1, -0.05) is 30.3 Å². The van der Waals surface area contributed by atoms with Crippen LogP contribution in [0.25, 0.3) is 10.9 Å². The Labute approximate surface area is 95.0 Å². The Bertz CT molecular complexity index is 552. The summed E-state index contributed by atoms with van der Waals surface area (Å²) in [5, 5.41) is 13.6. The normalized spacial score (nSPS) is 12.3. The van der Waals surface area contributed by atoms with Crippen molar-refractivity contribution in [3.8, 4) is 0 Å². The topological polar surface area (TPSA) is 37.5 Å². The lowest BCUT2D eigenvalue weighted by Gasteiger charge is -2.02. The summed E-state index contributed by atoms with van der Waals surface area (Å²) in [6, 6.07) is 8.18. The SMILES string of the molecule is CC/C(=N\O)c1c(C)n(C)c2ccccc12. The number of aromatic nitrogens is 1. The summed E-state index contributed by atoms with van der Waals surface area (Å²) in [5.41, 5.74) is 4.11. The van der Waals surface area contributed by atoms with Gasteiger partial charge < -0.3 is 9.77 Å². The van der Waals surface area contributed by atoms with E-state index in [0.29, 0.717) is 0 Å². The number of fused-ring (bicyclic) bond motifs is 1. The number of benzene rings is 1. The third-order valence-electron chi connectivity index (χ3n) is 3.14. The zero-order valence-corrected chi connectivity index (χ0v) is 9.86. The molecule has 84 valence electrons. The third-order valence-corrected chi connectivity index (χ3v) is 3.14. The highest BCUT2D eigenvalue weighted by Gasteiger charge is 2.15. The average molecular weight is 216 g/mol. The largest absolute Gasteiger partial charge is 0.411 e. The van der Waals surface area contributed by atoms with E-state index < -0.39 is 0 Å². The smallest absolute Gasteiger partial charge is 0.0889 e. The van der Waals surface area contributed by atoms with Crippen LogP contribution in [0.2, 0.25) is 0 Å². The molecule has 0 amide bonds. The van der Waals surface area contributed by atoms with E-state index in [1.807, 2.05) is 26.1 Å². The molecule has 0 saturated carbocycles. The first-order valence-electron chi connectivity index (χ1n) is 5.46. The van der Waals surface area contributed by atoms with Crippen LogP contribution >= 0.6 is 0 Å². The Hall–Kier alpha value is -1.77. The summed E-state index contributed by atoms with van der Waals surface area (Å²) in [4.78, 5) is 0. The van der Waals surface area contributed by atoms with Gasteiger partial charge in [-0.25, -0.2) is 0 Å². The second-order valence-electron chi connectivity index (χ2n) is 3.94. The van der Waals surface area contributed by atoms with E-state index in [1.54, 1.807) is 0 Å². The molecule has 2 aromatic rings. The van der Waals surface area contributed by atoms with Crippen LogP contribution in [0.5, 0.6) is 0 Å². The minimum atomic E-state index is 0.728. The number of hydrogen-bond donors (Lipinski definition) is 1. The van der Waals surface area contributed by atoms with Gasteiger partial charge in [-0.2, -0.15) is 0 Å². The highest BCUT2D eigenvalue weighted by molar-refractivity contribution is 6.11. The monoisotopic (exact) mass is 216 g/mol. The van der Waals surface area contributed by atoms with Gasteiger partial charge >= 0.3 is 0 Å². The number of oxime groups is 1. The van der Waals surface area contributed by atoms with Gasteiger partial charge in [-0.3, -0.25) is 0 Å². The molecule has 0 aliphatic carbocycles. The second-order valence-corrected chi connectivity index (χ2v) is 3.94. The summed E-state index contributed by atoms with van der Waals surface area (Å²) in [5.74, 6) is 0. The van der Waals surface area contributed by atoms with E-state index >= 15 is 0 Å². The Morgan fingerprint density at radius 2 is 2.06 bits per heavy atom. The van der Waals surface area contributed by atoms with E-state index in [4.69, 9.17) is 5.21 Å². The quantitative estimate of drug-likeness (QED) is 0.467. The summed E-state index contributed by atoms with van der Waals surface area (Å²) in [6.07, 6.45) is 0.728. The van der Waals surface area contributed by atoms with Crippen LogP contribution in [0.1, 0.15) is 24.6 Å². The molecule has 2 rings (SSSR count). The molecule has 1 aromatic carbocycles. The molecule has 0 radical (unpaired) electrons. The number of rotatable bonds is 2. The van der Waals surface area contributed by atoms with E-state index in [9.17, 15) is 0 Å². The first-order valence-corrected chi connectivity index (χ1v) is 5.46. The molecule has 1 aromatic heterocycles. The molecule has 0 fully saturated rings. The highest BCUT2D eigenvalue weighted by atomic mass is 16.4. The van der Waals surface area contributed by atoms with Crippen LogP contribution in [0, 0.1) is 6.92 Å². The summed E-state index contributed by atoms with van der Waals surface area (Å²) in [7, 11) is 2.03. The van der Waals surface area contributed by atoms with Crippen LogP contribution in [-0.4, -0.2) is 15.5 Å². The molecular weight excluding hydrogens is 200 g/mol. The Balaban J connectivity index is 2.83. The molecule has 1 N–H and O–H groups in total. The summed E-state index contributed by atoms with van der Waals surface area (Å²) >= 11 is 0. The van der Waals surface area contributed by atoms with Gasteiger partial charge in [-0.15, -0.1) is 0 Å². The molecule has 3 heteroatoms. The minimum Gasteiger partial charge on any atom is -0.411 e. The van der Waals surface area contributed by atoms with Gasteiger partial charge in [0.15, 0.2) is 0 Å². The molecule has 3 nitrogen and oxygen atoms in total. The lowest BCUT2D eigenvalue weighted by atomic mass is 10.0. The summed E-state index contributed by atoms with van der Waals surface area (Å²) < 4.78 is 2.13. The predicted octanol–water partition coefficient (Wildman–Crippen LogP) is 3.08. The molecule has 16 heavy (non-hydrogen) atoms. The van der Waals surface area contributed by atoms with E-state index in [-0.39, 0.29) is 0 Å². The Kier molecular flexibility index (Phi) is 2.69. The number of aryl methyl sites for hydroxylation is 1. The standard InChI is InChI=1S/C13H16N2O/c1-4-11(14-16)13-9(2)15(3)12-8-6-5-7-10(12)13/h5-8,16H,4H2,1-3H3/b14-11+. The van der Waals surface area contributed by atoms with E-state index in [2.05, 4.69) is 28.8 Å². The van der Waals surface area contributed by atoms with Crippen molar-refractivity contribution in [2.24, 2.45) is 12.2 Å². The molecular formula is C13H16N2O. The van der Waals surface area contributed by atoms with Crippen molar-refractivity contribution in [2.75, 3.05) is 0 Å². The van der Waals surface area contributed by atoms with Crippen molar-refractivity contribution in [3.63, 3.8) is 0 Å². The van der Waals surface area contributed by atoms with Crippen LogP contribution < -0.4 is 0 Å². The van der Waals surface area contributed by atoms with Crippen molar-refractivity contribution in [2.45, 2.75) is 20.3 Å². The lowest BCUT2D eigenvalue weighted by molar-refractivity contribution is 0.318. The van der Waals surface area contributed by atoms with Crippen LogP contribution in [-0.2, 0) is 7.05 Å². The molecule has 0 unspecified atom stereocenters. The molecule has 1 heterocycles. The highest BCUT2D eigenvalue weighted by Crippen LogP contribution is 2.26. The molecule has 0 atom stereocenters. The third kappa shape index (κ3) is 1.40. The van der Waals surface area contributed by atoms with E-state index in [1.165, 1.54) is 5.52 Å². The maximum atomic E-state index is 9.05. The van der Waals surface area contributed by atoms with Crippen LogP contribution in [0.15, 0.2) is 29.4 Å². The van der Waals surface area contributed by atoms with Gasteiger partial charge in [0.25, 0.3) is 0 Å². The predicted molar refractivity (Wildman–Crippen MR) is 66.3 cm³/mol. The lowest BCUT2D eigenvalue weighted by Crippen LogP contribution is -2.01. The molecule has 0 saturated heterocycles.